The van der Waals surface area contributed by atoms with Gasteiger partial charge in [-0.05, 0) is 87.2 Å². The third-order valence-electron chi connectivity index (χ3n) is 7.29. The van der Waals surface area contributed by atoms with Crippen molar-refractivity contribution in [1.29, 1.82) is 0 Å². The molecule has 42 heavy (non-hydrogen) atoms. The number of hydrogen-bond donors (Lipinski definition) is 0. The van der Waals surface area contributed by atoms with Crippen LogP contribution < -0.4 is 0 Å². The fourth-order valence-electron chi connectivity index (χ4n) is 4.82. The van der Waals surface area contributed by atoms with Gasteiger partial charge in [-0.15, -0.1) is 35.3 Å². The SMILES string of the molecule is CSc1ccc(CSc2ccc(-c3ccc(CSc4ccc(-c5ccc(-c6ccccc6)cc5)cc4)cc3)cc2)cc1. The van der Waals surface area contributed by atoms with Crippen molar-refractivity contribution in [3.05, 3.63) is 163 Å². The molecule has 0 saturated carbocycles. The molecule has 0 nitrogen and oxygen atoms in total. The van der Waals surface area contributed by atoms with Gasteiger partial charge in [0.05, 0.1) is 0 Å². The Bertz CT molecular complexity index is 1690. The molecule has 206 valence electrons. The molecule has 0 radical (unpaired) electrons. The van der Waals surface area contributed by atoms with E-state index in [1.807, 2.05) is 23.5 Å². The minimum Gasteiger partial charge on any atom is -0.130 e. The fourth-order valence-corrected chi connectivity index (χ4v) is 6.94. The molecule has 0 spiro atoms. The molecule has 0 amide bonds. The molecule has 0 aromatic heterocycles. The summed E-state index contributed by atoms with van der Waals surface area (Å²) in [4.78, 5) is 3.90. The lowest BCUT2D eigenvalue weighted by Gasteiger charge is -2.08. The van der Waals surface area contributed by atoms with E-state index in [0.29, 0.717) is 0 Å². The van der Waals surface area contributed by atoms with Gasteiger partial charge >= 0.3 is 0 Å². The first-order valence-electron chi connectivity index (χ1n) is 14.1. The van der Waals surface area contributed by atoms with Gasteiger partial charge in [-0.25, -0.2) is 0 Å². The Hall–Kier alpha value is -3.63. The van der Waals surface area contributed by atoms with Crippen molar-refractivity contribution in [1.82, 2.24) is 0 Å². The summed E-state index contributed by atoms with van der Waals surface area (Å²) < 4.78 is 0. The van der Waals surface area contributed by atoms with Crippen LogP contribution in [0.1, 0.15) is 11.1 Å². The highest BCUT2D eigenvalue weighted by molar-refractivity contribution is 7.99. The second-order valence-electron chi connectivity index (χ2n) is 10.1. The second kappa shape index (κ2) is 14.0. The zero-order chi connectivity index (χ0) is 28.6. The lowest BCUT2D eigenvalue weighted by Crippen LogP contribution is -1.84. The van der Waals surface area contributed by atoms with Crippen LogP contribution in [0.15, 0.2) is 166 Å². The quantitative estimate of drug-likeness (QED) is 0.144. The molecule has 6 rings (SSSR count). The topological polar surface area (TPSA) is 0 Å². The van der Waals surface area contributed by atoms with Crippen molar-refractivity contribution in [2.24, 2.45) is 0 Å². The Kier molecular flexibility index (Phi) is 9.51. The van der Waals surface area contributed by atoms with Crippen molar-refractivity contribution in [2.45, 2.75) is 26.2 Å². The highest BCUT2D eigenvalue weighted by Crippen LogP contribution is 2.30. The van der Waals surface area contributed by atoms with E-state index in [2.05, 4.69) is 158 Å². The van der Waals surface area contributed by atoms with Crippen LogP contribution in [0.2, 0.25) is 0 Å². The molecule has 0 unspecified atom stereocenters. The van der Waals surface area contributed by atoms with Crippen LogP contribution in [0.25, 0.3) is 33.4 Å². The smallest absolute Gasteiger partial charge is 0.0232 e. The predicted molar refractivity (Wildman–Crippen MR) is 187 cm³/mol. The Balaban J connectivity index is 1.01. The summed E-state index contributed by atoms with van der Waals surface area (Å²) in [5, 5.41) is 0. The first kappa shape index (κ1) is 28.5. The highest BCUT2D eigenvalue weighted by atomic mass is 32.2. The summed E-state index contributed by atoms with van der Waals surface area (Å²) in [6, 6.07) is 55.1. The van der Waals surface area contributed by atoms with Gasteiger partial charge in [0.2, 0.25) is 0 Å². The van der Waals surface area contributed by atoms with Gasteiger partial charge in [0.15, 0.2) is 0 Å². The van der Waals surface area contributed by atoms with Gasteiger partial charge in [0.1, 0.15) is 0 Å². The molecule has 0 bridgehead atoms. The highest BCUT2D eigenvalue weighted by Gasteiger charge is 2.04. The Morgan fingerprint density at radius 3 is 1.05 bits per heavy atom. The molecule has 0 heterocycles. The Labute approximate surface area is 262 Å². The van der Waals surface area contributed by atoms with Crippen LogP contribution in [0.4, 0.5) is 0 Å². The number of hydrogen-bond acceptors (Lipinski definition) is 3. The Morgan fingerprint density at radius 2 is 0.643 bits per heavy atom. The molecule has 0 aliphatic carbocycles. The molecule has 0 N–H and O–H groups in total. The van der Waals surface area contributed by atoms with E-state index in [1.54, 1.807) is 11.8 Å². The van der Waals surface area contributed by atoms with Crippen LogP contribution in [-0.4, -0.2) is 6.26 Å². The van der Waals surface area contributed by atoms with Gasteiger partial charge in [0.25, 0.3) is 0 Å². The molecule has 6 aromatic carbocycles. The maximum atomic E-state index is 2.26. The van der Waals surface area contributed by atoms with Crippen molar-refractivity contribution >= 4 is 35.3 Å². The fraction of sp³-hybridized carbons (Fsp3) is 0.0769. The summed E-state index contributed by atoms with van der Waals surface area (Å²) >= 11 is 5.55. The van der Waals surface area contributed by atoms with Gasteiger partial charge in [-0.3, -0.25) is 0 Å². The van der Waals surface area contributed by atoms with Crippen molar-refractivity contribution in [2.75, 3.05) is 6.26 Å². The average Bonchev–Trinajstić information content (AvgIpc) is 3.08. The van der Waals surface area contributed by atoms with Crippen molar-refractivity contribution in [3.8, 4) is 33.4 Å². The molecule has 0 aliphatic heterocycles. The van der Waals surface area contributed by atoms with E-state index < -0.39 is 0 Å². The van der Waals surface area contributed by atoms with Crippen LogP contribution in [-0.2, 0) is 11.5 Å². The summed E-state index contributed by atoms with van der Waals surface area (Å²) in [6.07, 6.45) is 2.12. The normalized spacial score (nSPS) is 11.0. The zero-order valence-corrected chi connectivity index (χ0v) is 26.0. The number of rotatable bonds is 10. The minimum absolute atomic E-state index is 0.957. The third-order valence-corrected chi connectivity index (χ3v) is 10.2. The molecular formula is C39H32S3. The van der Waals surface area contributed by atoms with Crippen LogP contribution in [0, 0.1) is 0 Å². The summed E-state index contributed by atoms with van der Waals surface area (Å²) in [6.45, 7) is 0. The van der Waals surface area contributed by atoms with Crippen LogP contribution in [0.3, 0.4) is 0 Å². The standard InChI is InChI=1S/C39H32S3/c1-40-37-21-9-30(10-22-37)28-42-39-23-17-35(18-24-39)32-11-7-29(8-12-32)27-41-38-25-19-36(20-26-38)34-15-13-33(14-16-34)31-5-3-2-4-6-31/h2-26H,27-28H2,1H3. The third kappa shape index (κ3) is 7.41. The monoisotopic (exact) mass is 596 g/mol. The zero-order valence-electron chi connectivity index (χ0n) is 23.6. The van der Waals surface area contributed by atoms with Crippen molar-refractivity contribution in [3.63, 3.8) is 0 Å². The minimum atomic E-state index is 0.957. The summed E-state index contributed by atoms with van der Waals surface area (Å²) in [7, 11) is 0. The van der Waals surface area contributed by atoms with Crippen LogP contribution >= 0.6 is 35.3 Å². The Morgan fingerprint density at radius 1 is 0.333 bits per heavy atom. The average molecular weight is 597 g/mol. The largest absolute Gasteiger partial charge is 0.130 e. The molecule has 0 atom stereocenters. The molecule has 0 aliphatic rings. The maximum absolute atomic E-state index is 2.26. The maximum Gasteiger partial charge on any atom is 0.0232 e. The van der Waals surface area contributed by atoms with Gasteiger partial charge in [0, 0.05) is 26.2 Å². The van der Waals surface area contributed by atoms with E-state index in [9.17, 15) is 0 Å². The molecule has 0 fully saturated rings. The van der Waals surface area contributed by atoms with Crippen molar-refractivity contribution < 1.29 is 0 Å². The first-order valence-corrected chi connectivity index (χ1v) is 17.3. The first-order chi connectivity index (χ1) is 20.7. The summed E-state index contributed by atoms with van der Waals surface area (Å²) in [5.41, 5.74) is 10.2. The van der Waals surface area contributed by atoms with Gasteiger partial charge < -0.3 is 0 Å². The molecule has 0 saturated heterocycles. The van der Waals surface area contributed by atoms with Crippen LogP contribution in [0.5, 0.6) is 0 Å². The van der Waals surface area contributed by atoms with E-state index in [0.717, 1.165) is 11.5 Å². The van der Waals surface area contributed by atoms with E-state index in [4.69, 9.17) is 0 Å². The van der Waals surface area contributed by atoms with E-state index in [-0.39, 0.29) is 0 Å². The molecule has 6 aromatic rings. The molecular weight excluding hydrogens is 565 g/mol. The second-order valence-corrected chi connectivity index (χ2v) is 13.1. The summed E-state index contributed by atoms with van der Waals surface area (Å²) in [5.74, 6) is 1.95. The lowest BCUT2D eigenvalue weighted by atomic mass is 10.0. The molecule has 3 heteroatoms. The van der Waals surface area contributed by atoms with E-state index in [1.165, 1.54) is 59.2 Å². The number of thioether (sulfide) groups is 3. The predicted octanol–water partition coefficient (Wildman–Crippen LogP) is 12.0. The van der Waals surface area contributed by atoms with E-state index >= 15 is 0 Å². The number of benzene rings is 6. The van der Waals surface area contributed by atoms with Gasteiger partial charge in [-0.1, -0.05) is 115 Å². The lowest BCUT2D eigenvalue weighted by molar-refractivity contribution is 1.34. The van der Waals surface area contributed by atoms with Gasteiger partial charge in [-0.2, -0.15) is 0 Å².